The monoisotopic (exact) mass is 592 g/mol. The van der Waals surface area contributed by atoms with Gasteiger partial charge in [0.1, 0.15) is 11.5 Å². The molecule has 0 radical (unpaired) electrons. The highest BCUT2D eigenvalue weighted by atomic mass is 35.5. The zero-order valence-electron chi connectivity index (χ0n) is 21.6. The Bertz CT molecular complexity index is 1680. The first-order valence-electron chi connectivity index (χ1n) is 13.7. The molecule has 9 rings (SSSR count). The van der Waals surface area contributed by atoms with Gasteiger partial charge in [0.2, 0.25) is 5.82 Å². The van der Waals surface area contributed by atoms with Crippen LogP contribution in [0.1, 0.15) is 73.6 Å². The van der Waals surface area contributed by atoms with E-state index in [1.54, 1.807) is 11.3 Å². The molecule has 0 atom stereocenters. The van der Waals surface area contributed by atoms with Crippen LogP contribution in [0.4, 0.5) is 0 Å². The van der Waals surface area contributed by atoms with Gasteiger partial charge in [0.15, 0.2) is 0 Å². The second-order valence-corrected chi connectivity index (χ2v) is 13.3. The second-order valence-electron chi connectivity index (χ2n) is 11.4. The van der Waals surface area contributed by atoms with Gasteiger partial charge in [0.05, 0.1) is 37.5 Å². The van der Waals surface area contributed by atoms with Crippen molar-refractivity contribution in [2.45, 2.75) is 74.9 Å². The molecule has 5 aromatic rings. The number of hydrogen-bond donors (Lipinski definition) is 1. The highest BCUT2D eigenvalue weighted by Gasteiger charge is 2.51. The van der Waals surface area contributed by atoms with Gasteiger partial charge in [0, 0.05) is 28.0 Å². The number of hydrogen-bond acceptors (Lipinski definition) is 8. The molecule has 204 valence electrons. The number of thiazole rings is 1. The van der Waals surface area contributed by atoms with Gasteiger partial charge in [-0.25, -0.2) is 4.98 Å². The third kappa shape index (κ3) is 4.09. The molecule has 0 amide bonds. The van der Waals surface area contributed by atoms with Gasteiger partial charge in [-0.1, -0.05) is 34.4 Å². The first-order chi connectivity index (χ1) is 19.5. The number of nitrogens with zero attached hydrogens (tertiary/aromatic N) is 5. The zero-order valence-corrected chi connectivity index (χ0v) is 24.0. The minimum absolute atomic E-state index is 0.119. The fourth-order valence-corrected chi connectivity index (χ4v) is 8.39. The Balaban J connectivity index is 1.03. The number of ether oxygens (including phenoxy) is 1. The minimum atomic E-state index is -0.135. The summed E-state index contributed by atoms with van der Waals surface area (Å²) in [5.41, 5.74) is 4.40. The molecular formula is C29H26Cl2N6O2S. The zero-order chi connectivity index (χ0) is 26.9. The molecule has 4 aliphatic rings. The maximum Gasteiger partial charge on any atom is 0.204 e. The van der Waals surface area contributed by atoms with E-state index in [-0.39, 0.29) is 11.0 Å². The summed E-state index contributed by atoms with van der Waals surface area (Å²) in [4.78, 5) is 5.10. The summed E-state index contributed by atoms with van der Waals surface area (Å²) in [5.74, 6) is 1.94. The lowest BCUT2D eigenvalue weighted by Crippen LogP contribution is -2.49. The fraction of sp³-hybridized carbons (Fsp3) is 0.414. The molecule has 4 saturated carbocycles. The molecule has 2 aromatic carbocycles. The molecule has 0 spiro atoms. The van der Waals surface area contributed by atoms with Gasteiger partial charge in [-0.3, -0.25) is 0 Å². The number of H-pyrrole nitrogens is 1. The topological polar surface area (TPSA) is 103 Å². The molecule has 11 heteroatoms. The molecule has 40 heavy (non-hydrogen) atoms. The fourth-order valence-electron chi connectivity index (χ4n) is 6.54. The third-order valence-electron chi connectivity index (χ3n) is 9.11. The van der Waals surface area contributed by atoms with Crippen LogP contribution >= 0.6 is 34.5 Å². The third-order valence-corrected chi connectivity index (χ3v) is 11.0. The van der Waals surface area contributed by atoms with Crippen LogP contribution in [0, 0.1) is 0 Å². The van der Waals surface area contributed by atoms with Crippen molar-refractivity contribution in [3.63, 3.8) is 0 Å². The quantitative estimate of drug-likeness (QED) is 0.205. The summed E-state index contributed by atoms with van der Waals surface area (Å²) in [5, 5.41) is 21.3. The summed E-state index contributed by atoms with van der Waals surface area (Å²) in [6.45, 7) is 0.458. The van der Waals surface area contributed by atoms with Crippen molar-refractivity contribution in [2.24, 2.45) is 0 Å². The molecule has 4 fully saturated rings. The molecule has 8 nitrogen and oxygen atoms in total. The van der Waals surface area contributed by atoms with E-state index in [2.05, 4.69) is 37.9 Å². The Hall–Kier alpha value is -2.85. The van der Waals surface area contributed by atoms with Crippen LogP contribution in [0.2, 0.25) is 10.0 Å². The lowest BCUT2D eigenvalue weighted by Gasteiger charge is -2.52. The van der Waals surface area contributed by atoms with Gasteiger partial charge < -0.3 is 9.26 Å². The van der Waals surface area contributed by atoms with Crippen molar-refractivity contribution in [2.75, 3.05) is 0 Å². The van der Waals surface area contributed by atoms with E-state index in [0.29, 0.717) is 34.1 Å². The van der Waals surface area contributed by atoms with Crippen LogP contribution in [0.3, 0.4) is 0 Å². The van der Waals surface area contributed by atoms with Crippen molar-refractivity contribution in [3.8, 4) is 22.6 Å². The van der Waals surface area contributed by atoms with E-state index in [9.17, 15) is 0 Å². The molecule has 4 aliphatic carbocycles. The van der Waals surface area contributed by atoms with Crippen LogP contribution in [0.5, 0.6) is 0 Å². The van der Waals surface area contributed by atoms with Gasteiger partial charge >= 0.3 is 0 Å². The van der Waals surface area contributed by atoms with Crippen molar-refractivity contribution < 1.29 is 9.26 Å². The van der Waals surface area contributed by atoms with E-state index in [0.717, 1.165) is 84.0 Å². The van der Waals surface area contributed by atoms with E-state index in [1.165, 1.54) is 5.01 Å². The van der Waals surface area contributed by atoms with Gasteiger partial charge in [-0.05, 0) is 86.9 Å². The smallest absolute Gasteiger partial charge is 0.204 e. The predicted molar refractivity (Wildman–Crippen MR) is 154 cm³/mol. The number of nitrogens with one attached hydrogen (secondary N) is 1. The number of fused-ring (bicyclic) bond motifs is 4. The maximum atomic E-state index is 6.83. The van der Waals surface area contributed by atoms with Crippen molar-refractivity contribution in [3.05, 3.63) is 62.8 Å². The average molecular weight is 594 g/mol. The highest BCUT2D eigenvalue weighted by Crippen LogP contribution is 2.57. The average Bonchev–Trinajstić information content (AvgIpc) is 3.35. The molecule has 1 N–H and O–H groups in total. The first-order valence-corrected chi connectivity index (χ1v) is 15.3. The summed E-state index contributed by atoms with van der Waals surface area (Å²) in [6, 6.07) is 11.7. The molecule has 3 heterocycles. The first kappa shape index (κ1) is 24.9. The number of tetrazole rings is 1. The standard InChI is InChI=1S/C29H26Cl2N6O2S/c30-19-2-1-3-20(31)23(19)24-18(25(39-35-24)16-4-5-16)15-38-29-11-8-28(9-12-29,10-13-29)27-32-21-7-6-17(14-22(21)40-27)26-33-36-37-34-26/h1-3,6-7,14,16H,4-5,8-13,15H2,(H,33,34,36,37). The summed E-state index contributed by atoms with van der Waals surface area (Å²) < 4.78 is 13.9. The number of halogens is 2. The van der Waals surface area contributed by atoms with Crippen molar-refractivity contribution in [1.82, 2.24) is 30.8 Å². The normalized spacial score (nSPS) is 24.2. The van der Waals surface area contributed by atoms with Gasteiger partial charge in [-0.2, -0.15) is 5.21 Å². The Morgan fingerprint density at radius 1 is 1.02 bits per heavy atom. The molecule has 0 aliphatic heterocycles. The van der Waals surface area contributed by atoms with Crippen LogP contribution in [-0.4, -0.2) is 36.4 Å². The predicted octanol–water partition coefficient (Wildman–Crippen LogP) is 7.88. The molecular weight excluding hydrogens is 567 g/mol. The Morgan fingerprint density at radius 2 is 1.80 bits per heavy atom. The number of rotatable bonds is 7. The highest BCUT2D eigenvalue weighted by molar-refractivity contribution is 7.18. The number of aromatic amines is 1. The van der Waals surface area contributed by atoms with Crippen LogP contribution < -0.4 is 0 Å². The minimum Gasteiger partial charge on any atom is -0.370 e. The van der Waals surface area contributed by atoms with E-state index >= 15 is 0 Å². The van der Waals surface area contributed by atoms with E-state index < -0.39 is 0 Å². The lowest BCUT2D eigenvalue weighted by atomic mass is 9.59. The van der Waals surface area contributed by atoms with E-state index in [4.69, 9.17) is 37.4 Å². The van der Waals surface area contributed by atoms with Crippen LogP contribution in [0.25, 0.3) is 32.9 Å². The summed E-state index contributed by atoms with van der Waals surface area (Å²) in [6.07, 6.45) is 8.51. The Labute approximate surface area is 244 Å². The van der Waals surface area contributed by atoms with Crippen molar-refractivity contribution >= 4 is 44.8 Å². The van der Waals surface area contributed by atoms with E-state index in [1.807, 2.05) is 24.3 Å². The van der Waals surface area contributed by atoms with Crippen LogP contribution in [-0.2, 0) is 16.8 Å². The van der Waals surface area contributed by atoms with Crippen molar-refractivity contribution in [1.29, 1.82) is 0 Å². The largest absolute Gasteiger partial charge is 0.370 e. The lowest BCUT2D eigenvalue weighted by molar-refractivity contribution is -0.127. The SMILES string of the molecule is Clc1cccc(Cl)c1-c1noc(C2CC2)c1COC12CCC(c3nc4ccc(-c5nn[nH]n5)cc4s3)(CC1)CC2. The number of aromatic nitrogens is 6. The molecule has 3 aromatic heterocycles. The van der Waals surface area contributed by atoms with Gasteiger partial charge in [-0.15, -0.1) is 21.5 Å². The molecule has 2 bridgehead atoms. The Morgan fingerprint density at radius 3 is 2.50 bits per heavy atom. The summed E-state index contributed by atoms with van der Waals surface area (Å²) in [7, 11) is 0. The van der Waals surface area contributed by atoms with Gasteiger partial charge in [0.25, 0.3) is 0 Å². The maximum absolute atomic E-state index is 6.83. The molecule has 0 saturated heterocycles. The Kier molecular flexibility index (Phi) is 5.82. The second kappa shape index (κ2) is 9.34. The molecule has 0 unspecified atom stereocenters. The van der Waals surface area contributed by atoms with Crippen LogP contribution in [0.15, 0.2) is 40.9 Å². The number of benzene rings is 2. The summed E-state index contributed by atoms with van der Waals surface area (Å²) >= 11 is 14.9.